The predicted molar refractivity (Wildman–Crippen MR) is 121 cm³/mol. The number of ether oxygens (including phenoxy) is 3. The third-order valence-corrected chi connectivity index (χ3v) is 5.52. The van der Waals surface area contributed by atoms with Gasteiger partial charge in [0.25, 0.3) is 0 Å². The molecule has 7 heteroatoms. The van der Waals surface area contributed by atoms with Gasteiger partial charge in [-0.2, -0.15) is 0 Å². The summed E-state index contributed by atoms with van der Waals surface area (Å²) in [6.45, 7) is 4.33. The Morgan fingerprint density at radius 1 is 1.16 bits per heavy atom. The Kier molecular flexibility index (Phi) is 6.25. The number of fused-ring (bicyclic) bond motifs is 1. The summed E-state index contributed by atoms with van der Waals surface area (Å²) in [5, 5.41) is 2.98. The van der Waals surface area contributed by atoms with Crippen LogP contribution in [0.3, 0.4) is 0 Å². The van der Waals surface area contributed by atoms with E-state index in [2.05, 4.69) is 21.4 Å². The first kappa shape index (κ1) is 21.6. The van der Waals surface area contributed by atoms with Crippen LogP contribution in [0.25, 0.3) is 11.3 Å². The largest absolute Gasteiger partial charge is 0.497 e. The second kappa shape index (κ2) is 9.26. The van der Waals surface area contributed by atoms with Crippen LogP contribution in [-0.4, -0.2) is 42.7 Å². The Hall–Kier alpha value is -3.61. The summed E-state index contributed by atoms with van der Waals surface area (Å²) in [4.78, 5) is 21.6. The lowest BCUT2D eigenvalue weighted by Crippen LogP contribution is -2.35. The predicted octanol–water partition coefficient (Wildman–Crippen LogP) is 3.44. The molecule has 32 heavy (non-hydrogen) atoms. The van der Waals surface area contributed by atoms with Crippen LogP contribution in [0.2, 0.25) is 0 Å². The average molecular weight is 434 g/mol. The van der Waals surface area contributed by atoms with Gasteiger partial charge in [-0.3, -0.25) is 9.78 Å². The van der Waals surface area contributed by atoms with Crippen molar-refractivity contribution < 1.29 is 19.0 Å². The van der Waals surface area contributed by atoms with E-state index in [1.54, 1.807) is 26.5 Å². The number of nitrogens with one attached hydrogen (secondary N) is 1. The highest BCUT2D eigenvalue weighted by molar-refractivity contribution is 5.79. The number of carbonyl (C=O) groups is 1. The lowest BCUT2D eigenvalue weighted by atomic mass is 10.0. The second-order valence-corrected chi connectivity index (χ2v) is 7.87. The molecule has 0 spiro atoms. The minimum Gasteiger partial charge on any atom is -0.497 e. The SMILES string of the molecule is COc1ccc(OC)c(CC(=O)NCC2Cc3cc(-c4nc(C)cnc4C)ccc3O2)c1. The number of nitrogens with zero attached hydrogens (tertiary/aromatic N) is 2. The van der Waals surface area contributed by atoms with Gasteiger partial charge in [-0.05, 0) is 55.8 Å². The molecule has 1 aliphatic rings. The van der Waals surface area contributed by atoms with Crippen molar-refractivity contribution in [2.24, 2.45) is 0 Å². The summed E-state index contributed by atoms with van der Waals surface area (Å²) in [6, 6.07) is 11.5. The van der Waals surface area contributed by atoms with Gasteiger partial charge in [-0.15, -0.1) is 0 Å². The molecule has 3 aromatic rings. The standard InChI is InChI=1S/C25H27N3O4/c1-15-13-26-16(2)25(28-15)17-5-7-23-18(9-17)11-21(32-23)14-27-24(29)12-19-10-20(30-3)6-8-22(19)31-4/h5-10,13,21H,11-12,14H2,1-4H3,(H,27,29). The zero-order valence-corrected chi connectivity index (χ0v) is 18.8. The van der Waals surface area contributed by atoms with Gasteiger partial charge in [0.1, 0.15) is 23.4 Å². The fourth-order valence-electron chi connectivity index (χ4n) is 3.88. The molecule has 2 heterocycles. The molecule has 1 unspecified atom stereocenters. The normalized spacial score (nSPS) is 14.4. The van der Waals surface area contributed by atoms with Crippen LogP contribution in [0, 0.1) is 13.8 Å². The minimum atomic E-state index is -0.110. The van der Waals surface area contributed by atoms with Gasteiger partial charge in [-0.1, -0.05) is 0 Å². The van der Waals surface area contributed by atoms with Crippen molar-refractivity contribution in [3.63, 3.8) is 0 Å². The third kappa shape index (κ3) is 4.66. The van der Waals surface area contributed by atoms with E-state index < -0.39 is 0 Å². The molecule has 2 aromatic carbocycles. The monoisotopic (exact) mass is 433 g/mol. The summed E-state index contributed by atoms with van der Waals surface area (Å²) in [7, 11) is 3.18. The number of rotatable bonds is 7. The van der Waals surface area contributed by atoms with E-state index >= 15 is 0 Å². The van der Waals surface area contributed by atoms with E-state index in [0.29, 0.717) is 18.0 Å². The number of aromatic nitrogens is 2. The first-order valence-electron chi connectivity index (χ1n) is 10.5. The lowest BCUT2D eigenvalue weighted by molar-refractivity contribution is -0.120. The van der Waals surface area contributed by atoms with Crippen molar-refractivity contribution in [3.05, 3.63) is 65.1 Å². The maximum Gasteiger partial charge on any atom is 0.224 e. The number of hydrogen-bond acceptors (Lipinski definition) is 6. The van der Waals surface area contributed by atoms with Crippen molar-refractivity contribution in [2.75, 3.05) is 20.8 Å². The van der Waals surface area contributed by atoms with Gasteiger partial charge < -0.3 is 19.5 Å². The number of aryl methyl sites for hydroxylation is 2. The summed E-state index contributed by atoms with van der Waals surface area (Å²) in [6.07, 6.45) is 2.59. The van der Waals surface area contributed by atoms with Crippen LogP contribution < -0.4 is 19.5 Å². The first-order valence-corrected chi connectivity index (χ1v) is 10.5. The molecule has 1 aliphatic heterocycles. The minimum absolute atomic E-state index is 0.0949. The second-order valence-electron chi connectivity index (χ2n) is 7.87. The molecular formula is C25H27N3O4. The number of benzene rings is 2. The number of methoxy groups -OCH3 is 2. The zero-order chi connectivity index (χ0) is 22.7. The molecule has 0 radical (unpaired) electrons. The summed E-state index contributed by atoms with van der Waals surface area (Å²) in [5.41, 5.74) is 5.58. The van der Waals surface area contributed by atoms with Crippen LogP contribution in [-0.2, 0) is 17.6 Å². The van der Waals surface area contributed by atoms with E-state index in [9.17, 15) is 4.79 Å². The topological polar surface area (TPSA) is 82.6 Å². The maximum atomic E-state index is 12.5. The molecular weight excluding hydrogens is 406 g/mol. The molecule has 1 N–H and O–H groups in total. The Bertz CT molecular complexity index is 1150. The van der Waals surface area contributed by atoms with E-state index in [0.717, 1.165) is 45.9 Å². The average Bonchev–Trinajstić information content (AvgIpc) is 3.21. The highest BCUT2D eigenvalue weighted by atomic mass is 16.5. The Balaban J connectivity index is 1.38. The van der Waals surface area contributed by atoms with E-state index in [1.807, 2.05) is 38.1 Å². The fourth-order valence-corrected chi connectivity index (χ4v) is 3.88. The van der Waals surface area contributed by atoms with Crippen LogP contribution in [0.1, 0.15) is 22.5 Å². The molecule has 0 fully saturated rings. The highest BCUT2D eigenvalue weighted by Crippen LogP contribution is 2.33. The van der Waals surface area contributed by atoms with Gasteiger partial charge >= 0.3 is 0 Å². The van der Waals surface area contributed by atoms with Crippen LogP contribution in [0.15, 0.2) is 42.6 Å². The van der Waals surface area contributed by atoms with E-state index in [4.69, 9.17) is 14.2 Å². The Morgan fingerprint density at radius 2 is 2.00 bits per heavy atom. The zero-order valence-electron chi connectivity index (χ0n) is 18.8. The number of carbonyl (C=O) groups excluding carboxylic acids is 1. The van der Waals surface area contributed by atoms with Crippen molar-refractivity contribution in [1.82, 2.24) is 15.3 Å². The fraction of sp³-hybridized carbons (Fsp3) is 0.320. The molecule has 0 aliphatic carbocycles. The van der Waals surface area contributed by atoms with Crippen LogP contribution >= 0.6 is 0 Å². The van der Waals surface area contributed by atoms with Gasteiger partial charge in [0, 0.05) is 23.7 Å². The highest BCUT2D eigenvalue weighted by Gasteiger charge is 2.24. The summed E-state index contributed by atoms with van der Waals surface area (Å²) in [5.74, 6) is 2.10. The van der Waals surface area contributed by atoms with Crippen molar-refractivity contribution in [2.45, 2.75) is 32.8 Å². The van der Waals surface area contributed by atoms with Gasteiger partial charge in [0.15, 0.2) is 0 Å². The van der Waals surface area contributed by atoms with E-state index in [1.165, 1.54) is 0 Å². The smallest absolute Gasteiger partial charge is 0.224 e. The Morgan fingerprint density at radius 3 is 2.78 bits per heavy atom. The molecule has 0 saturated heterocycles. The van der Waals surface area contributed by atoms with Crippen molar-refractivity contribution >= 4 is 5.91 Å². The molecule has 1 aromatic heterocycles. The van der Waals surface area contributed by atoms with Crippen LogP contribution in [0.4, 0.5) is 0 Å². The van der Waals surface area contributed by atoms with E-state index in [-0.39, 0.29) is 18.4 Å². The maximum absolute atomic E-state index is 12.5. The summed E-state index contributed by atoms with van der Waals surface area (Å²) >= 11 is 0. The third-order valence-electron chi connectivity index (χ3n) is 5.52. The molecule has 1 amide bonds. The molecule has 4 rings (SSSR count). The number of hydrogen-bond donors (Lipinski definition) is 1. The Labute approximate surface area is 187 Å². The van der Waals surface area contributed by atoms with Gasteiger partial charge in [-0.25, -0.2) is 4.98 Å². The summed E-state index contributed by atoms with van der Waals surface area (Å²) < 4.78 is 16.7. The van der Waals surface area contributed by atoms with Crippen LogP contribution in [0.5, 0.6) is 17.2 Å². The molecule has 7 nitrogen and oxygen atoms in total. The lowest BCUT2D eigenvalue weighted by Gasteiger charge is -2.13. The molecule has 0 bridgehead atoms. The molecule has 166 valence electrons. The van der Waals surface area contributed by atoms with Crippen molar-refractivity contribution in [3.8, 4) is 28.5 Å². The molecule has 1 atom stereocenters. The molecule has 0 saturated carbocycles. The van der Waals surface area contributed by atoms with Gasteiger partial charge in [0.05, 0.1) is 44.3 Å². The van der Waals surface area contributed by atoms with Gasteiger partial charge in [0.2, 0.25) is 5.91 Å². The first-order chi connectivity index (χ1) is 15.5. The number of amides is 1. The quantitative estimate of drug-likeness (QED) is 0.615. The van der Waals surface area contributed by atoms with Crippen molar-refractivity contribution in [1.29, 1.82) is 0 Å².